The minimum Gasteiger partial charge on any atom is -0.456 e. The van der Waals surface area contributed by atoms with Crippen LogP contribution in [-0.2, 0) is 5.41 Å². The normalized spacial score (nSPS) is 13.2. The summed E-state index contributed by atoms with van der Waals surface area (Å²) in [6.45, 7) is 4.75. The Kier molecular flexibility index (Phi) is 6.33. The highest BCUT2D eigenvalue weighted by atomic mass is 16.3. The van der Waals surface area contributed by atoms with Crippen molar-refractivity contribution in [1.29, 1.82) is 0 Å². The fraction of sp³-hybridized carbons (Fsp3) is 0.0588. The summed E-state index contributed by atoms with van der Waals surface area (Å²) in [5.41, 5.74) is 12.7. The Balaban J connectivity index is 1.24. The van der Waals surface area contributed by atoms with Crippen LogP contribution in [0, 0.1) is 0 Å². The van der Waals surface area contributed by atoms with Gasteiger partial charge in [0.15, 0.2) is 0 Å². The third kappa shape index (κ3) is 4.39. The summed E-state index contributed by atoms with van der Waals surface area (Å²) in [6.07, 6.45) is 0. The molecule has 0 aliphatic heterocycles. The Hall–Kier alpha value is -6.64. The average molecular weight is 678 g/mol. The number of fused-ring (bicyclic) bond motifs is 9. The molecule has 0 bridgehead atoms. The second kappa shape index (κ2) is 11.2. The number of hydrogen-bond donors (Lipinski definition) is 0. The van der Waals surface area contributed by atoms with Crippen molar-refractivity contribution in [2.75, 3.05) is 4.90 Å². The second-order valence-electron chi connectivity index (χ2n) is 14.9. The summed E-state index contributed by atoms with van der Waals surface area (Å²) in [5.74, 6) is 0. The Labute approximate surface area is 308 Å². The summed E-state index contributed by atoms with van der Waals surface area (Å²) in [5, 5.41) is 9.66. The summed E-state index contributed by atoms with van der Waals surface area (Å²) >= 11 is 0. The first-order chi connectivity index (χ1) is 26.0. The minimum atomic E-state index is -0.188. The van der Waals surface area contributed by atoms with Crippen molar-refractivity contribution in [2.45, 2.75) is 19.3 Å². The van der Waals surface area contributed by atoms with Gasteiger partial charge in [-0.25, -0.2) is 0 Å². The van der Waals surface area contributed by atoms with E-state index in [9.17, 15) is 0 Å². The monoisotopic (exact) mass is 677 g/mol. The molecule has 1 aromatic heterocycles. The lowest BCUT2D eigenvalue weighted by Gasteiger charge is -2.31. The zero-order chi connectivity index (χ0) is 35.3. The molecule has 1 heterocycles. The van der Waals surface area contributed by atoms with Crippen LogP contribution in [0.15, 0.2) is 180 Å². The lowest BCUT2D eigenvalue weighted by Crippen LogP contribution is -2.17. The first-order valence-corrected chi connectivity index (χ1v) is 18.4. The highest BCUT2D eigenvalue weighted by Gasteiger charge is 2.37. The van der Waals surface area contributed by atoms with Crippen molar-refractivity contribution < 1.29 is 4.42 Å². The van der Waals surface area contributed by atoms with Gasteiger partial charge < -0.3 is 9.32 Å². The first-order valence-electron chi connectivity index (χ1n) is 18.4. The van der Waals surface area contributed by atoms with Gasteiger partial charge in [0.1, 0.15) is 11.2 Å². The standard InChI is InChI=1S/C51H35NO/c1-51(2)43-30-35-16-4-3-15-34(35)29-42(43)39-27-26-36(31-44(39)51)52(45-22-12-24-48-50(45)41-20-9-10-23-47(41)53-48)46-28-25-33-14-6-8-19-38(33)49(46)40-21-11-17-32-13-5-7-18-37(32)40/h3-31H,1-2H3. The molecule has 0 N–H and O–H groups in total. The van der Waals surface area contributed by atoms with E-state index in [1.807, 2.05) is 6.07 Å². The maximum Gasteiger partial charge on any atom is 0.137 e. The van der Waals surface area contributed by atoms with Gasteiger partial charge in [-0.15, -0.1) is 0 Å². The molecule has 1 aliphatic carbocycles. The molecule has 0 saturated heterocycles. The van der Waals surface area contributed by atoms with Crippen molar-refractivity contribution in [3.63, 3.8) is 0 Å². The summed E-state index contributed by atoms with van der Waals surface area (Å²) in [6, 6.07) is 64.3. The fourth-order valence-electron chi connectivity index (χ4n) is 9.07. The van der Waals surface area contributed by atoms with E-state index in [-0.39, 0.29) is 5.41 Å². The molecule has 53 heavy (non-hydrogen) atoms. The van der Waals surface area contributed by atoms with Crippen LogP contribution in [0.5, 0.6) is 0 Å². The number of benzene rings is 9. The van der Waals surface area contributed by atoms with Gasteiger partial charge in [0.05, 0.1) is 16.8 Å². The SMILES string of the molecule is CC1(C)c2cc(N(c3ccc4ccccc4c3-c3cccc4ccccc34)c3cccc4oc5ccccc5c34)ccc2-c2cc3ccccc3cc21. The Bertz CT molecular complexity index is 3100. The fourth-order valence-corrected chi connectivity index (χ4v) is 9.07. The van der Waals surface area contributed by atoms with E-state index >= 15 is 0 Å². The van der Waals surface area contributed by atoms with Gasteiger partial charge >= 0.3 is 0 Å². The molecule has 2 heteroatoms. The number of furan rings is 1. The minimum absolute atomic E-state index is 0.188. The van der Waals surface area contributed by atoms with Crippen molar-refractivity contribution in [3.8, 4) is 22.3 Å². The lowest BCUT2D eigenvalue weighted by atomic mass is 9.81. The molecule has 0 radical (unpaired) electrons. The predicted octanol–water partition coefficient (Wildman–Crippen LogP) is 14.5. The molecule has 0 spiro atoms. The Morgan fingerprint density at radius 1 is 0.415 bits per heavy atom. The van der Waals surface area contributed by atoms with Gasteiger partial charge in [0.2, 0.25) is 0 Å². The van der Waals surface area contributed by atoms with Gasteiger partial charge in [0.25, 0.3) is 0 Å². The second-order valence-corrected chi connectivity index (χ2v) is 14.9. The molecular weight excluding hydrogens is 643 g/mol. The van der Waals surface area contributed by atoms with Gasteiger partial charge in [0, 0.05) is 22.1 Å². The van der Waals surface area contributed by atoms with Crippen molar-refractivity contribution in [3.05, 3.63) is 187 Å². The lowest BCUT2D eigenvalue weighted by molar-refractivity contribution is 0.661. The van der Waals surface area contributed by atoms with Gasteiger partial charge in [-0.3, -0.25) is 0 Å². The van der Waals surface area contributed by atoms with E-state index in [0.717, 1.165) is 39.0 Å². The number of rotatable bonds is 4. The topological polar surface area (TPSA) is 16.4 Å². The maximum absolute atomic E-state index is 6.52. The van der Waals surface area contributed by atoms with Crippen LogP contribution in [0.25, 0.3) is 76.5 Å². The van der Waals surface area contributed by atoms with Crippen LogP contribution in [-0.4, -0.2) is 0 Å². The van der Waals surface area contributed by atoms with E-state index < -0.39 is 0 Å². The van der Waals surface area contributed by atoms with Crippen LogP contribution >= 0.6 is 0 Å². The zero-order valence-electron chi connectivity index (χ0n) is 29.6. The molecule has 0 amide bonds. The van der Waals surface area contributed by atoms with Crippen molar-refractivity contribution >= 4 is 71.3 Å². The predicted molar refractivity (Wildman–Crippen MR) is 224 cm³/mol. The molecule has 1 aliphatic rings. The van der Waals surface area contributed by atoms with Crippen LogP contribution in [0.2, 0.25) is 0 Å². The molecule has 10 aromatic rings. The molecule has 0 unspecified atom stereocenters. The summed E-state index contributed by atoms with van der Waals surface area (Å²) in [4.78, 5) is 2.49. The molecular formula is C51H35NO. The molecule has 9 aromatic carbocycles. The van der Waals surface area contributed by atoms with Gasteiger partial charge in [-0.05, 0) is 109 Å². The highest BCUT2D eigenvalue weighted by molar-refractivity contribution is 6.16. The van der Waals surface area contributed by atoms with Crippen molar-refractivity contribution in [1.82, 2.24) is 0 Å². The molecule has 0 fully saturated rings. The van der Waals surface area contributed by atoms with E-state index in [0.29, 0.717) is 0 Å². The molecule has 2 nitrogen and oxygen atoms in total. The third-order valence-electron chi connectivity index (χ3n) is 11.6. The zero-order valence-corrected chi connectivity index (χ0v) is 29.6. The largest absolute Gasteiger partial charge is 0.456 e. The number of para-hydroxylation sites is 1. The highest BCUT2D eigenvalue weighted by Crippen LogP contribution is 2.54. The first kappa shape index (κ1) is 30.0. The van der Waals surface area contributed by atoms with Crippen LogP contribution in [0.1, 0.15) is 25.0 Å². The molecule has 250 valence electrons. The van der Waals surface area contributed by atoms with Gasteiger partial charge in [-0.2, -0.15) is 0 Å². The van der Waals surface area contributed by atoms with Crippen LogP contribution in [0.3, 0.4) is 0 Å². The van der Waals surface area contributed by atoms with Gasteiger partial charge in [-0.1, -0.05) is 141 Å². The number of nitrogens with zero attached hydrogens (tertiary/aromatic N) is 1. The van der Waals surface area contributed by atoms with E-state index in [4.69, 9.17) is 4.42 Å². The molecule has 11 rings (SSSR count). The third-order valence-corrected chi connectivity index (χ3v) is 11.6. The Morgan fingerprint density at radius 2 is 1.04 bits per heavy atom. The van der Waals surface area contributed by atoms with E-state index in [1.54, 1.807) is 0 Å². The number of hydrogen-bond acceptors (Lipinski definition) is 2. The quantitative estimate of drug-likeness (QED) is 0.184. The van der Waals surface area contributed by atoms with Crippen LogP contribution < -0.4 is 4.90 Å². The number of anilines is 3. The Morgan fingerprint density at radius 3 is 1.87 bits per heavy atom. The summed E-state index contributed by atoms with van der Waals surface area (Å²) in [7, 11) is 0. The molecule has 0 saturated carbocycles. The average Bonchev–Trinajstić information content (AvgIpc) is 3.69. The van der Waals surface area contributed by atoms with Crippen molar-refractivity contribution in [2.24, 2.45) is 0 Å². The van der Waals surface area contributed by atoms with Crippen LogP contribution in [0.4, 0.5) is 17.1 Å². The van der Waals surface area contributed by atoms with E-state index in [1.165, 1.54) is 65.7 Å². The smallest absolute Gasteiger partial charge is 0.137 e. The maximum atomic E-state index is 6.52. The molecule has 0 atom stereocenters. The summed E-state index contributed by atoms with van der Waals surface area (Å²) < 4.78 is 6.52. The van der Waals surface area contributed by atoms with E-state index in [2.05, 4.69) is 189 Å².